The smallest absolute Gasteiger partial charge is 0.325 e. The van der Waals surface area contributed by atoms with Gasteiger partial charge in [-0.1, -0.05) is 28.1 Å². The molecule has 32 heavy (non-hydrogen) atoms. The van der Waals surface area contributed by atoms with Gasteiger partial charge in [-0.25, -0.2) is 14.6 Å². The normalized spacial score (nSPS) is 13.8. The molecule has 7 nitrogen and oxygen atoms in total. The van der Waals surface area contributed by atoms with E-state index in [1.54, 1.807) is 24.3 Å². The second kappa shape index (κ2) is 9.18. The molecule has 3 aromatic rings. The van der Waals surface area contributed by atoms with Crippen LogP contribution in [0.1, 0.15) is 11.3 Å². The molecule has 2 aromatic carbocycles. The lowest BCUT2D eigenvalue weighted by Gasteiger charge is -2.37. The zero-order chi connectivity index (χ0) is 23.5. The number of hydrazine groups is 1. The Morgan fingerprint density at radius 2 is 1.78 bits per heavy atom. The van der Waals surface area contributed by atoms with E-state index in [1.807, 2.05) is 0 Å². The Labute approximate surface area is 188 Å². The van der Waals surface area contributed by atoms with Crippen LogP contribution in [-0.2, 0) is 11.5 Å². The highest BCUT2D eigenvalue weighted by atomic mass is 79.9. The summed E-state index contributed by atoms with van der Waals surface area (Å²) in [5.41, 5.74) is -4.23. The van der Waals surface area contributed by atoms with Crippen molar-refractivity contribution in [1.29, 1.82) is 0 Å². The first-order chi connectivity index (χ1) is 15.1. The minimum absolute atomic E-state index is 0.296. The predicted molar refractivity (Wildman–Crippen MR) is 113 cm³/mol. The molecule has 0 aliphatic carbocycles. The van der Waals surface area contributed by atoms with E-state index in [0.717, 1.165) is 29.3 Å². The third-order valence-electron chi connectivity index (χ3n) is 4.64. The van der Waals surface area contributed by atoms with Crippen LogP contribution in [-0.4, -0.2) is 33.0 Å². The van der Waals surface area contributed by atoms with E-state index in [-0.39, 0.29) is 0 Å². The van der Waals surface area contributed by atoms with Gasteiger partial charge < -0.3 is 10.9 Å². The van der Waals surface area contributed by atoms with E-state index < -0.39 is 41.0 Å². The fraction of sp³-hybridized carbons (Fsp3) is 0.150. The van der Waals surface area contributed by atoms with Crippen LogP contribution in [0.2, 0.25) is 0 Å². The summed E-state index contributed by atoms with van der Waals surface area (Å²) >= 11 is 3.29. The molecular weight excluding hydrogens is 496 g/mol. The number of nitrogens with zero attached hydrogens (tertiary/aromatic N) is 4. The fourth-order valence-corrected chi connectivity index (χ4v) is 3.31. The largest absolute Gasteiger partial charge is 0.377 e. The average Bonchev–Trinajstić information content (AvgIpc) is 2.74. The Bertz CT molecular complexity index is 1110. The number of halogens is 5. The molecule has 0 saturated carbocycles. The third kappa shape index (κ3) is 4.56. The van der Waals surface area contributed by atoms with Crippen LogP contribution < -0.4 is 11.7 Å². The summed E-state index contributed by atoms with van der Waals surface area (Å²) in [6.45, 7) is -1.06. The molecule has 0 aliphatic heterocycles. The molecule has 1 atom stereocenters. The van der Waals surface area contributed by atoms with Crippen molar-refractivity contribution < 1.29 is 22.7 Å². The van der Waals surface area contributed by atoms with Gasteiger partial charge in [-0.05, 0) is 24.3 Å². The highest BCUT2D eigenvalue weighted by Crippen LogP contribution is 2.45. The van der Waals surface area contributed by atoms with Crippen LogP contribution in [0.3, 0.4) is 0 Å². The van der Waals surface area contributed by atoms with Gasteiger partial charge in [0.15, 0.2) is 5.60 Å². The number of alkyl halides is 2. The minimum atomic E-state index is -4.21. The van der Waals surface area contributed by atoms with Gasteiger partial charge in [0.2, 0.25) is 0 Å². The lowest BCUT2D eigenvalue weighted by Crippen LogP contribution is -2.54. The Kier molecular flexibility index (Phi) is 6.77. The first kappa shape index (κ1) is 23.6. The van der Waals surface area contributed by atoms with Crippen molar-refractivity contribution in [2.45, 2.75) is 11.5 Å². The number of aromatic nitrogens is 2. The van der Waals surface area contributed by atoms with E-state index in [0.29, 0.717) is 28.4 Å². The molecule has 1 heterocycles. The summed E-state index contributed by atoms with van der Waals surface area (Å²) in [6.07, 6.45) is 2.61. The SMILES string of the molecule is N/N=C\N(N)CC(O)(c1ccc(F)cc1F)C(F)(F)c1cnc(-c2ccc(Br)cc2)cn1. The van der Waals surface area contributed by atoms with Crippen LogP contribution in [0, 0.1) is 11.6 Å². The molecule has 1 unspecified atom stereocenters. The third-order valence-corrected chi connectivity index (χ3v) is 5.16. The van der Waals surface area contributed by atoms with Crippen molar-refractivity contribution in [3.05, 3.63) is 82.2 Å². The monoisotopic (exact) mass is 512 g/mol. The number of hydrazone groups is 1. The number of aliphatic hydroxyl groups is 1. The van der Waals surface area contributed by atoms with E-state index in [9.17, 15) is 13.9 Å². The molecule has 12 heteroatoms. The standard InChI is InChI=1S/C20H17BrF4N6O/c21-13-3-1-12(2-4-13)17-8-29-18(9-28-17)20(24,25)19(32,10-31(27)11-30-26)15-6-5-14(22)7-16(15)23/h1-9,11,32H,10,26-27H2/b30-11-. The van der Waals surface area contributed by atoms with Crippen LogP contribution in [0.25, 0.3) is 11.3 Å². The lowest BCUT2D eigenvalue weighted by atomic mass is 9.84. The van der Waals surface area contributed by atoms with Gasteiger partial charge in [0, 0.05) is 21.7 Å². The van der Waals surface area contributed by atoms with Crippen molar-refractivity contribution >= 4 is 22.3 Å². The first-order valence-corrected chi connectivity index (χ1v) is 9.76. The topological polar surface area (TPSA) is 114 Å². The van der Waals surface area contributed by atoms with E-state index in [4.69, 9.17) is 11.7 Å². The Morgan fingerprint density at radius 1 is 1.09 bits per heavy atom. The summed E-state index contributed by atoms with van der Waals surface area (Å²) in [7, 11) is 0. The zero-order valence-electron chi connectivity index (χ0n) is 16.3. The quantitative estimate of drug-likeness (QED) is 0.147. The maximum absolute atomic E-state index is 15.6. The molecule has 0 radical (unpaired) electrons. The Morgan fingerprint density at radius 3 is 2.34 bits per heavy atom. The first-order valence-electron chi connectivity index (χ1n) is 8.97. The Balaban J connectivity index is 2.07. The molecule has 5 N–H and O–H groups in total. The summed E-state index contributed by atoms with van der Waals surface area (Å²) < 4.78 is 59.8. The van der Waals surface area contributed by atoms with Crippen molar-refractivity contribution in [2.24, 2.45) is 16.8 Å². The van der Waals surface area contributed by atoms with Gasteiger partial charge in [-0.3, -0.25) is 15.0 Å². The summed E-state index contributed by atoms with van der Waals surface area (Å²) in [5, 5.41) is 14.7. The van der Waals surface area contributed by atoms with Crippen molar-refractivity contribution in [3.8, 4) is 11.3 Å². The predicted octanol–water partition coefficient (Wildman–Crippen LogP) is 3.24. The van der Waals surface area contributed by atoms with E-state index in [1.165, 1.54) is 0 Å². The minimum Gasteiger partial charge on any atom is -0.377 e. The summed E-state index contributed by atoms with van der Waals surface area (Å²) in [4.78, 5) is 7.73. The molecule has 0 spiro atoms. The molecule has 168 valence electrons. The van der Waals surface area contributed by atoms with Crippen LogP contribution >= 0.6 is 15.9 Å². The van der Waals surface area contributed by atoms with Crippen LogP contribution in [0.15, 0.2) is 64.4 Å². The molecule has 0 saturated heterocycles. The molecule has 0 aliphatic rings. The van der Waals surface area contributed by atoms with Crippen molar-refractivity contribution in [3.63, 3.8) is 0 Å². The number of hydrogen-bond acceptors (Lipinski definition) is 6. The second-order valence-corrected chi connectivity index (χ2v) is 7.71. The molecule has 0 amide bonds. The maximum atomic E-state index is 15.6. The average molecular weight is 513 g/mol. The number of hydrogen-bond donors (Lipinski definition) is 3. The Hall–Kier alpha value is -3.09. The van der Waals surface area contributed by atoms with E-state index >= 15 is 8.78 Å². The number of rotatable bonds is 7. The van der Waals surface area contributed by atoms with Gasteiger partial charge in [-0.15, -0.1) is 0 Å². The molecule has 3 rings (SSSR count). The molecular formula is C20H17BrF4N6O. The molecule has 1 aromatic heterocycles. The number of nitrogens with two attached hydrogens (primary N) is 2. The van der Waals surface area contributed by atoms with Gasteiger partial charge in [0.25, 0.3) is 0 Å². The second-order valence-electron chi connectivity index (χ2n) is 6.79. The maximum Gasteiger partial charge on any atom is 0.325 e. The van der Waals surface area contributed by atoms with E-state index in [2.05, 4.69) is 31.0 Å². The molecule has 0 bridgehead atoms. The van der Waals surface area contributed by atoms with Crippen molar-refractivity contribution in [2.75, 3.05) is 6.54 Å². The van der Waals surface area contributed by atoms with Gasteiger partial charge in [0.1, 0.15) is 23.7 Å². The highest BCUT2D eigenvalue weighted by Gasteiger charge is 2.58. The van der Waals surface area contributed by atoms with Gasteiger partial charge in [-0.2, -0.15) is 13.9 Å². The zero-order valence-corrected chi connectivity index (χ0v) is 17.8. The lowest BCUT2D eigenvalue weighted by molar-refractivity contribution is -0.204. The van der Waals surface area contributed by atoms with Crippen LogP contribution in [0.4, 0.5) is 17.6 Å². The van der Waals surface area contributed by atoms with Gasteiger partial charge >= 0.3 is 5.92 Å². The fourth-order valence-electron chi connectivity index (χ4n) is 3.04. The summed E-state index contributed by atoms with van der Waals surface area (Å²) in [5.74, 6) is 3.90. The van der Waals surface area contributed by atoms with Crippen molar-refractivity contribution in [1.82, 2.24) is 15.0 Å². The molecule has 0 fully saturated rings. The number of benzene rings is 2. The van der Waals surface area contributed by atoms with Gasteiger partial charge in [0.05, 0.1) is 24.6 Å². The highest BCUT2D eigenvalue weighted by molar-refractivity contribution is 9.10. The summed E-state index contributed by atoms with van der Waals surface area (Å²) in [6, 6.07) is 8.70. The van der Waals surface area contributed by atoms with Crippen LogP contribution in [0.5, 0.6) is 0 Å².